The Labute approximate surface area is 120 Å². The molecule has 2 nitrogen and oxygen atoms in total. The van der Waals surface area contributed by atoms with E-state index in [9.17, 15) is 4.79 Å². The Kier molecular flexibility index (Phi) is 6.68. The minimum absolute atomic E-state index is 0.0474. The van der Waals surface area contributed by atoms with E-state index in [1.165, 1.54) is 12.8 Å². The van der Waals surface area contributed by atoms with E-state index in [2.05, 4.69) is 42.0 Å². The van der Waals surface area contributed by atoms with E-state index < -0.39 is 0 Å². The van der Waals surface area contributed by atoms with Crippen LogP contribution >= 0.6 is 15.9 Å². The average Bonchev–Trinajstić information content (AvgIpc) is 2.72. The third kappa shape index (κ3) is 4.91. The van der Waals surface area contributed by atoms with Crippen LogP contribution in [0, 0.1) is 11.3 Å². The monoisotopic (exact) mass is 317 g/mol. The predicted octanol–water partition coefficient (Wildman–Crippen LogP) is 4.27. The molecule has 18 heavy (non-hydrogen) atoms. The summed E-state index contributed by atoms with van der Waals surface area (Å²) in [6, 6.07) is 0. The zero-order valence-electron chi connectivity index (χ0n) is 12.1. The van der Waals surface area contributed by atoms with Gasteiger partial charge in [0.25, 0.3) is 0 Å². The number of amides is 1. The number of alkyl halides is 1. The molecule has 0 radical (unpaired) electrons. The zero-order chi connectivity index (χ0) is 13.6. The van der Waals surface area contributed by atoms with Crippen molar-refractivity contribution in [3.63, 3.8) is 0 Å². The van der Waals surface area contributed by atoms with Crippen LogP contribution in [0.3, 0.4) is 0 Å². The molecule has 1 aliphatic carbocycles. The Morgan fingerprint density at radius 1 is 1.28 bits per heavy atom. The lowest BCUT2D eigenvalue weighted by Crippen LogP contribution is -2.40. The topological polar surface area (TPSA) is 29.1 Å². The van der Waals surface area contributed by atoms with E-state index in [4.69, 9.17) is 0 Å². The summed E-state index contributed by atoms with van der Waals surface area (Å²) in [4.78, 5) is 13.0. The van der Waals surface area contributed by atoms with Crippen molar-refractivity contribution >= 4 is 21.8 Å². The average molecular weight is 318 g/mol. The minimum atomic E-state index is -0.0474. The second-order valence-corrected chi connectivity index (χ2v) is 7.83. The number of hydrogen-bond acceptors (Lipinski definition) is 1. The number of hydrogen-bond donors (Lipinski definition) is 1. The molecule has 106 valence electrons. The van der Waals surface area contributed by atoms with Crippen molar-refractivity contribution in [3.8, 4) is 0 Å². The van der Waals surface area contributed by atoms with Crippen molar-refractivity contribution in [2.24, 2.45) is 11.3 Å². The second kappa shape index (κ2) is 7.52. The highest BCUT2D eigenvalue weighted by atomic mass is 79.9. The molecule has 0 aromatic rings. The highest BCUT2D eigenvalue weighted by Crippen LogP contribution is 2.43. The van der Waals surface area contributed by atoms with Crippen LogP contribution in [-0.2, 0) is 4.79 Å². The molecule has 0 aliphatic heterocycles. The van der Waals surface area contributed by atoms with Gasteiger partial charge in [0.1, 0.15) is 0 Å². The molecular formula is C15H28BrNO. The molecule has 0 heterocycles. The van der Waals surface area contributed by atoms with E-state index in [1.807, 2.05) is 0 Å². The highest BCUT2D eigenvalue weighted by Gasteiger charge is 2.40. The molecular weight excluding hydrogens is 290 g/mol. The molecule has 0 aromatic carbocycles. The van der Waals surface area contributed by atoms with Crippen molar-refractivity contribution in [1.82, 2.24) is 5.32 Å². The van der Waals surface area contributed by atoms with Gasteiger partial charge in [-0.25, -0.2) is 0 Å². The quantitative estimate of drug-likeness (QED) is 0.551. The van der Waals surface area contributed by atoms with Gasteiger partial charge in [0.15, 0.2) is 0 Å². The summed E-state index contributed by atoms with van der Waals surface area (Å²) in [5.41, 5.74) is -0.0474. The standard InChI is InChI=1S/C15H28BrNO/c1-12(2)11-15(8-4-5-9-15)14(18)17-10-6-7-13(3)16/h12-13H,4-11H2,1-3H3,(H,17,18). The Bertz CT molecular complexity index is 257. The van der Waals surface area contributed by atoms with Crippen molar-refractivity contribution in [3.05, 3.63) is 0 Å². The lowest BCUT2D eigenvalue weighted by Gasteiger charge is -2.29. The molecule has 1 N–H and O–H groups in total. The first kappa shape index (κ1) is 16.0. The fraction of sp³-hybridized carbons (Fsp3) is 0.933. The van der Waals surface area contributed by atoms with Gasteiger partial charge in [0.2, 0.25) is 5.91 Å². The zero-order valence-corrected chi connectivity index (χ0v) is 13.7. The number of rotatable bonds is 7. The third-order valence-corrected chi connectivity index (χ3v) is 4.36. The molecule has 0 spiro atoms. The Morgan fingerprint density at radius 2 is 1.89 bits per heavy atom. The lowest BCUT2D eigenvalue weighted by atomic mass is 9.77. The van der Waals surface area contributed by atoms with Crippen molar-refractivity contribution in [2.45, 2.75) is 70.5 Å². The number of nitrogens with one attached hydrogen (secondary N) is 1. The predicted molar refractivity (Wildman–Crippen MR) is 81.0 cm³/mol. The van der Waals surface area contributed by atoms with Crippen molar-refractivity contribution < 1.29 is 4.79 Å². The molecule has 1 rings (SSSR count). The van der Waals surface area contributed by atoms with Crippen LogP contribution in [0.15, 0.2) is 0 Å². The molecule has 0 saturated heterocycles. The number of halogens is 1. The molecule has 1 amide bonds. The fourth-order valence-electron chi connectivity index (χ4n) is 3.13. The van der Waals surface area contributed by atoms with E-state index >= 15 is 0 Å². The van der Waals surface area contributed by atoms with Crippen LogP contribution < -0.4 is 5.32 Å². The van der Waals surface area contributed by atoms with E-state index in [1.54, 1.807) is 0 Å². The SMILES string of the molecule is CC(C)CC1(C(=O)NCCCC(C)Br)CCCC1. The first-order chi connectivity index (χ1) is 8.46. The van der Waals surface area contributed by atoms with Gasteiger partial charge in [-0.3, -0.25) is 4.79 Å². The molecule has 0 bridgehead atoms. The van der Waals surface area contributed by atoms with Crippen LogP contribution in [0.4, 0.5) is 0 Å². The summed E-state index contributed by atoms with van der Waals surface area (Å²) in [6.45, 7) is 7.42. The highest BCUT2D eigenvalue weighted by molar-refractivity contribution is 9.09. The Hall–Kier alpha value is -0.0500. The summed E-state index contributed by atoms with van der Waals surface area (Å²) in [5.74, 6) is 0.923. The van der Waals surface area contributed by atoms with Crippen molar-refractivity contribution in [1.29, 1.82) is 0 Å². The maximum absolute atomic E-state index is 12.4. The minimum Gasteiger partial charge on any atom is -0.356 e. The van der Waals surface area contributed by atoms with Crippen LogP contribution in [0.25, 0.3) is 0 Å². The van der Waals surface area contributed by atoms with Gasteiger partial charge in [-0.2, -0.15) is 0 Å². The summed E-state index contributed by atoms with van der Waals surface area (Å²) in [6.07, 6.45) is 7.86. The Morgan fingerprint density at radius 3 is 2.39 bits per heavy atom. The van der Waals surface area contributed by atoms with Crippen LogP contribution in [0.5, 0.6) is 0 Å². The van der Waals surface area contributed by atoms with Crippen molar-refractivity contribution in [2.75, 3.05) is 6.54 Å². The first-order valence-corrected chi connectivity index (χ1v) is 8.30. The van der Waals surface area contributed by atoms with Gasteiger partial charge in [0, 0.05) is 16.8 Å². The largest absolute Gasteiger partial charge is 0.356 e. The van der Waals surface area contributed by atoms with E-state index in [-0.39, 0.29) is 5.41 Å². The molecule has 1 aliphatic rings. The maximum atomic E-state index is 12.4. The van der Waals surface area contributed by atoms with Gasteiger partial charge in [-0.15, -0.1) is 0 Å². The second-order valence-electron chi connectivity index (χ2n) is 6.26. The summed E-state index contributed by atoms with van der Waals surface area (Å²) < 4.78 is 0. The molecule has 1 unspecified atom stereocenters. The van der Waals surface area contributed by atoms with Gasteiger partial charge >= 0.3 is 0 Å². The number of carbonyl (C=O) groups excluding carboxylic acids is 1. The van der Waals surface area contributed by atoms with Gasteiger partial charge in [-0.1, -0.05) is 49.5 Å². The summed E-state index contributed by atoms with van der Waals surface area (Å²) in [5, 5.41) is 3.17. The summed E-state index contributed by atoms with van der Waals surface area (Å²) in [7, 11) is 0. The normalized spacial score (nSPS) is 20.1. The molecule has 1 fully saturated rings. The molecule has 1 atom stereocenters. The molecule has 0 aromatic heterocycles. The lowest BCUT2D eigenvalue weighted by molar-refractivity contribution is -0.131. The van der Waals surface area contributed by atoms with Gasteiger partial charge in [-0.05, 0) is 38.0 Å². The molecule has 3 heteroatoms. The van der Waals surface area contributed by atoms with Crippen LogP contribution in [-0.4, -0.2) is 17.3 Å². The smallest absolute Gasteiger partial charge is 0.226 e. The molecule has 1 saturated carbocycles. The van der Waals surface area contributed by atoms with E-state index in [0.717, 1.165) is 38.6 Å². The first-order valence-electron chi connectivity index (χ1n) is 7.39. The van der Waals surface area contributed by atoms with Crippen LogP contribution in [0.1, 0.15) is 65.7 Å². The fourth-order valence-corrected chi connectivity index (χ4v) is 3.45. The van der Waals surface area contributed by atoms with Gasteiger partial charge in [0.05, 0.1) is 0 Å². The summed E-state index contributed by atoms with van der Waals surface area (Å²) >= 11 is 3.54. The number of carbonyl (C=O) groups is 1. The van der Waals surface area contributed by atoms with Gasteiger partial charge < -0.3 is 5.32 Å². The third-order valence-electron chi connectivity index (χ3n) is 3.91. The van der Waals surface area contributed by atoms with E-state index in [0.29, 0.717) is 16.7 Å². The maximum Gasteiger partial charge on any atom is 0.226 e. The Balaban J connectivity index is 2.40. The van der Waals surface area contributed by atoms with Crippen LogP contribution in [0.2, 0.25) is 0 Å².